The molecule has 2 nitrogen and oxygen atoms in total. The summed E-state index contributed by atoms with van der Waals surface area (Å²) in [6.07, 6.45) is 9.29. The normalized spacial score (nSPS) is 27.6. The number of ether oxygens (including phenoxy) is 1. The highest BCUT2D eigenvalue weighted by molar-refractivity contribution is 5.97. The number of benzene rings is 1. The topological polar surface area (TPSA) is 26.3 Å². The molecule has 27 heavy (non-hydrogen) atoms. The van der Waals surface area contributed by atoms with E-state index in [4.69, 9.17) is 4.74 Å². The predicted molar refractivity (Wildman–Crippen MR) is 106 cm³/mol. The maximum Gasteiger partial charge on any atom is 0.166 e. The molecule has 148 valence electrons. The molecule has 3 heteroatoms. The van der Waals surface area contributed by atoms with E-state index in [0.29, 0.717) is 30.6 Å². The summed E-state index contributed by atoms with van der Waals surface area (Å²) in [6.45, 7) is 6.74. The molecule has 3 aliphatic rings. The molecule has 0 saturated heterocycles. The van der Waals surface area contributed by atoms with Crippen LogP contribution in [-0.2, 0) is 0 Å². The molecule has 1 aromatic carbocycles. The van der Waals surface area contributed by atoms with Crippen LogP contribution >= 0.6 is 0 Å². The zero-order valence-electron chi connectivity index (χ0n) is 17.0. The second kappa shape index (κ2) is 7.22. The molecule has 3 aliphatic carbocycles. The van der Waals surface area contributed by atoms with E-state index in [0.717, 1.165) is 30.2 Å². The molecule has 3 saturated carbocycles. The Labute approximate surface area is 162 Å². The van der Waals surface area contributed by atoms with Gasteiger partial charge >= 0.3 is 0 Å². The second-order valence-corrected chi connectivity index (χ2v) is 10.5. The summed E-state index contributed by atoms with van der Waals surface area (Å²) in [7, 11) is 0. The minimum atomic E-state index is -0.424. The smallest absolute Gasteiger partial charge is 0.166 e. The first-order valence-electron chi connectivity index (χ1n) is 10.8. The van der Waals surface area contributed by atoms with Gasteiger partial charge in [-0.25, -0.2) is 4.39 Å². The number of ketones is 1. The number of rotatable bonds is 6. The second-order valence-electron chi connectivity index (χ2n) is 10.5. The summed E-state index contributed by atoms with van der Waals surface area (Å²) in [6, 6.07) is 3.28. The number of hydrogen-bond donors (Lipinski definition) is 0. The van der Waals surface area contributed by atoms with Crippen LogP contribution in [0.4, 0.5) is 4.39 Å². The molecule has 4 rings (SSSR count). The molecule has 1 unspecified atom stereocenters. The highest BCUT2D eigenvalue weighted by Gasteiger charge is 2.35. The Hall–Kier alpha value is -1.38. The number of Topliss-reactive ketones (excluding diaryl/α,β-unsaturated/α-hetero) is 1. The van der Waals surface area contributed by atoms with E-state index in [1.54, 1.807) is 6.07 Å². The van der Waals surface area contributed by atoms with Gasteiger partial charge in [0.1, 0.15) is 11.6 Å². The molecule has 0 aromatic heterocycles. The summed E-state index contributed by atoms with van der Waals surface area (Å²) in [4.78, 5) is 12.6. The van der Waals surface area contributed by atoms with E-state index in [1.165, 1.54) is 38.2 Å². The highest BCUT2D eigenvalue weighted by atomic mass is 19.1. The molecule has 3 fully saturated rings. The number of hydrogen-bond acceptors (Lipinski definition) is 2. The van der Waals surface area contributed by atoms with Crippen LogP contribution in [0.5, 0.6) is 5.75 Å². The molecule has 0 amide bonds. The predicted octanol–water partition coefficient (Wildman–Crippen LogP) is 6.53. The molecule has 0 spiro atoms. The summed E-state index contributed by atoms with van der Waals surface area (Å²) in [5, 5.41) is 0. The lowest BCUT2D eigenvalue weighted by atomic mass is 9.81. The minimum Gasteiger partial charge on any atom is -0.493 e. The van der Waals surface area contributed by atoms with Gasteiger partial charge in [-0.15, -0.1) is 0 Å². The van der Waals surface area contributed by atoms with Crippen LogP contribution in [0.3, 0.4) is 0 Å². The van der Waals surface area contributed by atoms with Gasteiger partial charge in [0.25, 0.3) is 0 Å². The van der Waals surface area contributed by atoms with Gasteiger partial charge in [0.2, 0.25) is 0 Å². The lowest BCUT2D eigenvalue weighted by molar-refractivity contribution is 0.0935. The Morgan fingerprint density at radius 3 is 2.33 bits per heavy atom. The molecular formula is C24H33FO2. The van der Waals surface area contributed by atoms with E-state index in [1.807, 2.05) is 20.8 Å². The van der Waals surface area contributed by atoms with Crippen LogP contribution in [0.25, 0.3) is 0 Å². The fourth-order valence-electron chi connectivity index (χ4n) is 5.19. The van der Waals surface area contributed by atoms with Crippen molar-refractivity contribution >= 4 is 5.78 Å². The Bertz CT molecular complexity index is 702. The molecule has 0 heterocycles. The van der Waals surface area contributed by atoms with Crippen LogP contribution in [0, 0.1) is 29.0 Å². The molecule has 3 atom stereocenters. The Kier molecular flexibility index (Phi) is 5.07. The molecule has 0 radical (unpaired) electrons. The maximum absolute atomic E-state index is 14.7. The number of fused-ring (bicyclic) bond motifs is 2. The number of halogens is 1. The van der Waals surface area contributed by atoms with Gasteiger partial charge in [-0.2, -0.15) is 0 Å². The van der Waals surface area contributed by atoms with Gasteiger partial charge < -0.3 is 4.74 Å². The summed E-state index contributed by atoms with van der Waals surface area (Å²) in [5.74, 6) is 2.96. The average molecular weight is 373 g/mol. The Morgan fingerprint density at radius 1 is 1.07 bits per heavy atom. The number of carbonyl (C=O) groups excluding carboxylic acids is 1. The highest BCUT2D eigenvalue weighted by Crippen LogP contribution is 2.47. The third-order valence-electron chi connectivity index (χ3n) is 6.57. The maximum atomic E-state index is 14.7. The quantitative estimate of drug-likeness (QED) is 0.531. The Morgan fingerprint density at radius 2 is 1.74 bits per heavy atom. The van der Waals surface area contributed by atoms with E-state index >= 15 is 0 Å². The monoisotopic (exact) mass is 372 g/mol. The van der Waals surface area contributed by atoms with Gasteiger partial charge in [-0.3, -0.25) is 4.79 Å². The molecule has 1 aromatic rings. The molecule has 0 N–H and O–H groups in total. The van der Waals surface area contributed by atoms with Crippen LogP contribution < -0.4 is 4.74 Å². The average Bonchev–Trinajstić information content (AvgIpc) is 3.36. The van der Waals surface area contributed by atoms with Crippen molar-refractivity contribution in [3.63, 3.8) is 0 Å². The largest absolute Gasteiger partial charge is 0.493 e. The van der Waals surface area contributed by atoms with Gasteiger partial charge in [0, 0.05) is 12.5 Å². The van der Waals surface area contributed by atoms with E-state index < -0.39 is 5.82 Å². The summed E-state index contributed by atoms with van der Waals surface area (Å²) < 4.78 is 20.9. The van der Waals surface area contributed by atoms with Crippen molar-refractivity contribution in [1.82, 2.24) is 0 Å². The lowest BCUT2D eigenvalue weighted by Gasteiger charge is -2.28. The van der Waals surface area contributed by atoms with Crippen LogP contribution in [0.2, 0.25) is 0 Å². The zero-order chi connectivity index (χ0) is 19.2. The van der Waals surface area contributed by atoms with Crippen molar-refractivity contribution < 1.29 is 13.9 Å². The third-order valence-corrected chi connectivity index (χ3v) is 6.57. The fraction of sp³-hybridized carbons (Fsp3) is 0.708. The number of carbonyl (C=O) groups is 1. The van der Waals surface area contributed by atoms with Gasteiger partial charge in [0.15, 0.2) is 5.78 Å². The first kappa shape index (κ1) is 19.0. The van der Waals surface area contributed by atoms with Gasteiger partial charge in [-0.1, -0.05) is 33.6 Å². The van der Waals surface area contributed by atoms with Crippen molar-refractivity contribution in [2.75, 3.05) is 6.61 Å². The lowest BCUT2D eigenvalue weighted by Crippen LogP contribution is -2.22. The zero-order valence-corrected chi connectivity index (χ0v) is 17.0. The van der Waals surface area contributed by atoms with Crippen molar-refractivity contribution in [1.29, 1.82) is 0 Å². The van der Waals surface area contributed by atoms with Crippen molar-refractivity contribution in [3.05, 3.63) is 29.1 Å². The van der Waals surface area contributed by atoms with Gasteiger partial charge in [0.05, 0.1) is 12.2 Å². The summed E-state index contributed by atoms with van der Waals surface area (Å²) in [5.41, 5.74) is 1.15. The van der Waals surface area contributed by atoms with Crippen molar-refractivity contribution in [3.8, 4) is 5.75 Å². The standard InChI is InChI=1S/C24H33FO2/c1-24(2,3)13-22(26)20-11-19(18-6-7-18)23(12-21(20)25)27-14-17-9-15-4-5-16(8-15)10-17/h11-12,15-18H,4-10,13-14H2,1-3H3/t15-,16+,17?. The first-order chi connectivity index (χ1) is 12.8. The van der Waals surface area contributed by atoms with Crippen molar-refractivity contribution in [2.45, 2.75) is 78.1 Å². The van der Waals surface area contributed by atoms with E-state index in [2.05, 4.69) is 0 Å². The van der Waals surface area contributed by atoms with Crippen LogP contribution in [0.1, 0.15) is 94.0 Å². The first-order valence-corrected chi connectivity index (χ1v) is 10.8. The van der Waals surface area contributed by atoms with Crippen molar-refractivity contribution in [2.24, 2.45) is 23.2 Å². The minimum absolute atomic E-state index is 0.0997. The van der Waals surface area contributed by atoms with E-state index in [9.17, 15) is 9.18 Å². The third kappa shape index (κ3) is 4.55. The fourth-order valence-corrected chi connectivity index (χ4v) is 5.19. The Balaban J connectivity index is 1.49. The van der Waals surface area contributed by atoms with E-state index in [-0.39, 0.29) is 16.8 Å². The molecular weight excluding hydrogens is 339 g/mol. The van der Waals surface area contributed by atoms with Gasteiger partial charge in [-0.05, 0) is 72.8 Å². The molecule has 2 bridgehead atoms. The SMILES string of the molecule is CC(C)(C)CC(=O)c1cc(C2CC2)c(OCC2C[C@H]3CC[C@@H](C2)C3)cc1F. The van der Waals surface area contributed by atoms with Crippen LogP contribution in [0.15, 0.2) is 12.1 Å². The molecule has 0 aliphatic heterocycles. The van der Waals surface area contributed by atoms with Crippen LogP contribution in [-0.4, -0.2) is 12.4 Å². The summed E-state index contributed by atoms with van der Waals surface area (Å²) >= 11 is 0.